The zero-order valence-corrected chi connectivity index (χ0v) is 15.8. The molecule has 2 rings (SSSR count). The average molecular weight is 364 g/mol. The Labute approximate surface area is 160 Å². The van der Waals surface area contributed by atoms with Crippen molar-refractivity contribution in [3.8, 4) is 17.3 Å². The molecule has 0 aliphatic rings. The molecule has 0 radical (unpaired) electrons. The smallest absolute Gasteiger partial charge is 0.316 e. The van der Waals surface area contributed by atoms with Gasteiger partial charge in [-0.15, -0.1) is 0 Å². The highest BCUT2D eigenvalue weighted by Gasteiger charge is 2.27. The Bertz CT molecular complexity index is 839. The third kappa shape index (κ3) is 5.49. The van der Waals surface area contributed by atoms with E-state index in [9.17, 15) is 14.9 Å². The summed E-state index contributed by atoms with van der Waals surface area (Å²) in [5.74, 6) is -1.48. The molecule has 1 unspecified atom stereocenters. The third-order valence-electron chi connectivity index (χ3n) is 4.44. The summed E-state index contributed by atoms with van der Waals surface area (Å²) in [6, 6.07) is 14.8. The van der Waals surface area contributed by atoms with Gasteiger partial charge in [0.15, 0.2) is 0 Å². The summed E-state index contributed by atoms with van der Waals surface area (Å²) in [6.07, 6.45) is 3.30. The Morgan fingerprint density at radius 2 is 1.93 bits per heavy atom. The number of aromatic nitrogens is 1. The number of hydrogen-bond donors (Lipinski definition) is 0. The number of esters is 1. The summed E-state index contributed by atoms with van der Waals surface area (Å²) in [5.41, 5.74) is 2.53. The number of Topliss-reactive ketones (excluding diaryl/α,β-unsaturated/α-hetero) is 1. The zero-order chi connectivity index (χ0) is 19.6. The Kier molecular flexibility index (Phi) is 7.69. The lowest BCUT2D eigenvalue weighted by molar-refractivity contribution is -0.149. The summed E-state index contributed by atoms with van der Waals surface area (Å²) in [5, 5.41) is 9.29. The first-order valence-electron chi connectivity index (χ1n) is 9.16. The van der Waals surface area contributed by atoms with Crippen molar-refractivity contribution in [2.75, 3.05) is 7.11 Å². The zero-order valence-electron chi connectivity index (χ0n) is 15.8. The van der Waals surface area contributed by atoms with Crippen LogP contribution in [-0.2, 0) is 20.7 Å². The topological polar surface area (TPSA) is 80.0 Å². The second-order valence-corrected chi connectivity index (χ2v) is 6.37. The largest absolute Gasteiger partial charge is 0.468 e. The van der Waals surface area contributed by atoms with E-state index in [-0.39, 0.29) is 12.2 Å². The van der Waals surface area contributed by atoms with Gasteiger partial charge in [-0.05, 0) is 24.6 Å². The van der Waals surface area contributed by atoms with E-state index in [1.807, 2.05) is 24.3 Å². The number of pyridine rings is 1. The molecular formula is C22H24N2O3. The van der Waals surface area contributed by atoms with Crippen molar-refractivity contribution in [3.63, 3.8) is 0 Å². The van der Waals surface area contributed by atoms with Gasteiger partial charge in [-0.3, -0.25) is 14.6 Å². The molecular weight excluding hydrogens is 340 g/mol. The summed E-state index contributed by atoms with van der Waals surface area (Å²) in [7, 11) is 1.29. The minimum atomic E-state index is -0.846. The van der Waals surface area contributed by atoms with Gasteiger partial charge >= 0.3 is 5.97 Å². The molecule has 0 saturated carbocycles. The maximum Gasteiger partial charge on any atom is 0.316 e. The van der Waals surface area contributed by atoms with Crippen molar-refractivity contribution in [2.45, 2.75) is 39.0 Å². The van der Waals surface area contributed by atoms with E-state index in [1.54, 1.807) is 18.2 Å². The molecule has 1 aromatic heterocycles. The van der Waals surface area contributed by atoms with E-state index >= 15 is 0 Å². The fourth-order valence-corrected chi connectivity index (χ4v) is 2.95. The Morgan fingerprint density at radius 3 is 2.63 bits per heavy atom. The highest BCUT2D eigenvalue weighted by molar-refractivity contribution is 5.99. The molecule has 0 aliphatic carbocycles. The van der Waals surface area contributed by atoms with E-state index in [0.29, 0.717) is 23.4 Å². The van der Waals surface area contributed by atoms with Gasteiger partial charge < -0.3 is 4.74 Å². The Balaban J connectivity index is 2.24. The van der Waals surface area contributed by atoms with Gasteiger partial charge in [-0.25, -0.2) is 0 Å². The van der Waals surface area contributed by atoms with Crippen molar-refractivity contribution >= 4 is 11.8 Å². The summed E-state index contributed by atoms with van der Waals surface area (Å²) in [4.78, 5) is 29.2. The maximum absolute atomic E-state index is 12.5. The number of nitrogens with zero attached hydrogens (tertiary/aromatic N) is 2. The number of methoxy groups -OCH3 is 1. The molecule has 27 heavy (non-hydrogen) atoms. The minimum absolute atomic E-state index is 0.111. The van der Waals surface area contributed by atoms with Crippen LogP contribution in [0.3, 0.4) is 0 Å². The van der Waals surface area contributed by atoms with Gasteiger partial charge in [-0.2, -0.15) is 5.26 Å². The molecule has 0 bridgehead atoms. The molecule has 0 amide bonds. The average Bonchev–Trinajstić information content (AvgIpc) is 2.71. The number of carbonyl (C=O) groups excluding carboxylic acids is 2. The second-order valence-electron chi connectivity index (χ2n) is 6.37. The highest BCUT2D eigenvalue weighted by atomic mass is 16.5. The predicted octanol–water partition coefficient (Wildman–Crippen LogP) is 4.10. The molecule has 0 fully saturated rings. The van der Waals surface area contributed by atoms with Crippen LogP contribution in [0.15, 0.2) is 42.5 Å². The molecule has 2 aromatic rings. The number of benzene rings is 1. The normalized spacial score (nSPS) is 11.4. The fourth-order valence-electron chi connectivity index (χ4n) is 2.95. The first-order chi connectivity index (χ1) is 13.1. The van der Waals surface area contributed by atoms with E-state index in [4.69, 9.17) is 4.74 Å². The lowest BCUT2D eigenvalue weighted by Crippen LogP contribution is -2.27. The molecule has 140 valence electrons. The first kappa shape index (κ1) is 20.3. The molecule has 0 spiro atoms. The number of ether oxygens (including phenoxy) is 1. The van der Waals surface area contributed by atoms with E-state index in [2.05, 4.69) is 18.0 Å². The van der Waals surface area contributed by atoms with Crippen molar-refractivity contribution in [1.29, 1.82) is 5.26 Å². The van der Waals surface area contributed by atoms with Gasteiger partial charge in [0.1, 0.15) is 11.7 Å². The number of hydrogen-bond acceptors (Lipinski definition) is 5. The van der Waals surface area contributed by atoms with Crippen LogP contribution in [0.2, 0.25) is 0 Å². The van der Waals surface area contributed by atoms with E-state index in [0.717, 1.165) is 24.8 Å². The number of unbranched alkanes of at least 4 members (excludes halogenated alkanes) is 2. The molecule has 1 heterocycles. The molecule has 1 aromatic carbocycles. The van der Waals surface area contributed by atoms with Crippen LogP contribution < -0.4 is 0 Å². The van der Waals surface area contributed by atoms with E-state index in [1.165, 1.54) is 7.11 Å². The number of nitriles is 1. The SMILES string of the molecule is CCCCCC(=O)C(Cc1cccc(-c2ccccc2C#N)n1)C(=O)OC. The second kappa shape index (κ2) is 10.2. The van der Waals surface area contributed by atoms with Crippen LogP contribution in [-0.4, -0.2) is 23.8 Å². The van der Waals surface area contributed by atoms with Gasteiger partial charge in [0.2, 0.25) is 0 Å². The van der Waals surface area contributed by atoms with Crippen molar-refractivity contribution in [1.82, 2.24) is 4.98 Å². The van der Waals surface area contributed by atoms with Crippen LogP contribution in [0.1, 0.15) is 43.9 Å². The summed E-state index contributed by atoms with van der Waals surface area (Å²) < 4.78 is 4.83. The Hall–Kier alpha value is -3.00. The number of carbonyl (C=O) groups is 2. The quantitative estimate of drug-likeness (QED) is 0.380. The van der Waals surface area contributed by atoms with Crippen LogP contribution in [0.4, 0.5) is 0 Å². The van der Waals surface area contributed by atoms with Gasteiger partial charge in [0.25, 0.3) is 0 Å². The van der Waals surface area contributed by atoms with Crippen LogP contribution >= 0.6 is 0 Å². The van der Waals surface area contributed by atoms with Gasteiger partial charge in [0.05, 0.1) is 24.4 Å². The molecule has 5 heteroatoms. The molecule has 5 nitrogen and oxygen atoms in total. The fraction of sp³-hybridized carbons (Fsp3) is 0.364. The van der Waals surface area contributed by atoms with E-state index < -0.39 is 11.9 Å². The number of ketones is 1. The van der Waals surface area contributed by atoms with Gasteiger partial charge in [0, 0.05) is 24.1 Å². The van der Waals surface area contributed by atoms with Crippen molar-refractivity contribution in [3.05, 3.63) is 53.7 Å². The highest BCUT2D eigenvalue weighted by Crippen LogP contribution is 2.22. The Morgan fingerprint density at radius 1 is 1.15 bits per heavy atom. The first-order valence-corrected chi connectivity index (χ1v) is 9.16. The summed E-state index contributed by atoms with van der Waals surface area (Å²) in [6.45, 7) is 2.07. The maximum atomic E-state index is 12.5. The van der Waals surface area contributed by atoms with Crippen LogP contribution in [0.5, 0.6) is 0 Å². The molecule has 0 N–H and O–H groups in total. The van der Waals surface area contributed by atoms with Crippen molar-refractivity contribution in [2.24, 2.45) is 5.92 Å². The number of rotatable bonds is 9. The van der Waals surface area contributed by atoms with Crippen molar-refractivity contribution < 1.29 is 14.3 Å². The predicted molar refractivity (Wildman–Crippen MR) is 103 cm³/mol. The summed E-state index contributed by atoms with van der Waals surface area (Å²) >= 11 is 0. The van der Waals surface area contributed by atoms with Crippen LogP contribution in [0, 0.1) is 17.2 Å². The lowest BCUT2D eigenvalue weighted by atomic mass is 9.94. The van der Waals surface area contributed by atoms with Crippen LogP contribution in [0.25, 0.3) is 11.3 Å². The lowest BCUT2D eigenvalue weighted by Gasteiger charge is -2.14. The molecule has 0 saturated heterocycles. The molecule has 0 aliphatic heterocycles. The minimum Gasteiger partial charge on any atom is -0.468 e. The third-order valence-corrected chi connectivity index (χ3v) is 4.44. The monoisotopic (exact) mass is 364 g/mol. The van der Waals surface area contributed by atoms with Gasteiger partial charge in [-0.1, -0.05) is 44.0 Å². The standard InChI is InChI=1S/C22H24N2O3/c1-3-4-5-13-21(25)19(22(26)27-2)14-17-10-8-12-20(24-17)18-11-7-6-9-16(18)15-23/h6-12,19H,3-5,13-14H2,1-2H3. The molecule has 1 atom stereocenters.